The van der Waals surface area contributed by atoms with Crippen molar-refractivity contribution in [2.24, 2.45) is 0 Å². The second-order valence-electron chi connectivity index (χ2n) is 12.9. The Morgan fingerprint density at radius 3 is 1.43 bits per heavy atom. The second-order valence-corrected chi connectivity index (χ2v) is 12.9. The molecule has 6 rings (SSSR count). The number of anilines is 2. The lowest BCUT2D eigenvalue weighted by Crippen LogP contribution is -2.18. The van der Waals surface area contributed by atoms with Crippen molar-refractivity contribution in [3.05, 3.63) is 167 Å². The monoisotopic (exact) mass is 876 g/mol. The van der Waals surface area contributed by atoms with Crippen LogP contribution in [0.5, 0.6) is 23.0 Å². The number of nitrogen functional groups attached to an aromatic ring is 1. The van der Waals surface area contributed by atoms with Gasteiger partial charge in [0.2, 0.25) is 5.91 Å². The quantitative estimate of drug-likeness (QED) is 0.0622. The van der Waals surface area contributed by atoms with Gasteiger partial charge in [-0.15, -0.1) is 0 Å². The minimum absolute atomic E-state index is 0.146. The summed E-state index contributed by atoms with van der Waals surface area (Å²) in [6.07, 6.45) is -6.50. The summed E-state index contributed by atoms with van der Waals surface area (Å²) < 4.78 is 86.1. The molecule has 0 aliphatic rings. The van der Waals surface area contributed by atoms with Gasteiger partial charge in [0.1, 0.15) is 34.4 Å². The molecule has 3 amide bonds. The van der Waals surface area contributed by atoms with Gasteiger partial charge in [0, 0.05) is 50.0 Å². The molecule has 0 spiro atoms. The van der Waals surface area contributed by atoms with Gasteiger partial charge in [0.25, 0.3) is 11.8 Å². The van der Waals surface area contributed by atoms with Gasteiger partial charge in [-0.05, 0) is 83.9 Å². The van der Waals surface area contributed by atoms with Crippen molar-refractivity contribution in [3.63, 3.8) is 0 Å². The van der Waals surface area contributed by atoms with Crippen LogP contribution in [0, 0.1) is 0 Å². The van der Waals surface area contributed by atoms with E-state index in [1.165, 1.54) is 49.8 Å². The Balaban J connectivity index is 0.000000230. The molecule has 13 nitrogen and oxygen atoms in total. The van der Waals surface area contributed by atoms with E-state index in [0.717, 1.165) is 24.3 Å². The predicted octanol–water partition coefficient (Wildman–Crippen LogP) is 8.58. The number of carboxylic acids is 1. The fourth-order valence-electron chi connectivity index (χ4n) is 5.15. The van der Waals surface area contributed by atoms with E-state index < -0.39 is 41.8 Å². The van der Waals surface area contributed by atoms with E-state index >= 15 is 0 Å². The molecule has 0 radical (unpaired) electrons. The van der Waals surface area contributed by atoms with Crippen molar-refractivity contribution in [2.75, 3.05) is 25.1 Å². The Kier molecular flexibility index (Phi) is 16.7. The summed E-state index contributed by atoms with van der Waals surface area (Å²) in [7, 11) is 3.05. The number of amides is 3. The number of carbonyl (C=O) groups excluding carboxylic acids is 3. The first-order chi connectivity index (χ1) is 29.8. The Morgan fingerprint density at radius 1 is 0.587 bits per heavy atom. The molecule has 0 unspecified atom stereocenters. The topological polar surface area (TPSA) is 195 Å². The first-order valence-corrected chi connectivity index (χ1v) is 18.3. The fraction of sp³-hybridized carbons (Fsp3) is 0.136. The van der Waals surface area contributed by atoms with Crippen molar-refractivity contribution in [3.8, 4) is 23.0 Å². The molecule has 0 aliphatic carbocycles. The molecule has 0 saturated heterocycles. The summed E-state index contributed by atoms with van der Waals surface area (Å²) in [4.78, 5) is 53.4. The number of ether oxygens (including phenoxy) is 2. The number of alkyl halides is 6. The molecule has 63 heavy (non-hydrogen) atoms. The predicted molar refractivity (Wildman–Crippen MR) is 219 cm³/mol. The number of hydrogen-bond donors (Lipinski definition) is 5. The number of rotatable bonds is 11. The Hall–Kier alpha value is -7.96. The number of hydrogen-bond acceptors (Lipinski definition) is 9. The first kappa shape index (κ1) is 47.7. The number of aromatic nitrogens is 2. The molecule has 19 heteroatoms. The molecule has 0 aliphatic heterocycles. The normalized spacial score (nSPS) is 10.7. The number of benzene rings is 4. The van der Waals surface area contributed by atoms with Crippen molar-refractivity contribution in [1.29, 1.82) is 0 Å². The van der Waals surface area contributed by atoms with Gasteiger partial charge in [-0.25, -0.2) is 0 Å². The van der Waals surface area contributed by atoms with Gasteiger partial charge in [0.05, 0.1) is 24.0 Å². The lowest BCUT2D eigenvalue weighted by Gasteiger charge is -2.10. The first-order valence-electron chi connectivity index (χ1n) is 18.3. The van der Waals surface area contributed by atoms with Gasteiger partial charge in [0.15, 0.2) is 0 Å². The van der Waals surface area contributed by atoms with E-state index in [2.05, 4.69) is 25.9 Å². The number of nitrogens with one attached hydrogen (secondary N) is 3. The van der Waals surface area contributed by atoms with Crippen LogP contribution in [0.2, 0.25) is 0 Å². The SMILES string of the molecule is CNC(=O)c1cc(Oc2ccc(N)cc2)ccn1.CNC(=O)c1cc(Oc2ccc(NC(=O)Cc3cccc(C(F)(F)F)c3)cc2)ccn1.O=C(O)Cc1cccc(C(F)(F)F)c1. The maximum Gasteiger partial charge on any atom is 0.416 e. The molecule has 328 valence electrons. The fourth-order valence-corrected chi connectivity index (χ4v) is 5.15. The molecule has 2 heterocycles. The Bertz CT molecular complexity index is 2500. The van der Waals surface area contributed by atoms with Crippen LogP contribution in [-0.2, 0) is 34.8 Å². The van der Waals surface area contributed by atoms with E-state index in [1.54, 1.807) is 73.8 Å². The molecule has 0 bridgehead atoms. The van der Waals surface area contributed by atoms with Gasteiger partial charge in [-0.1, -0.05) is 36.4 Å². The Labute approximate surface area is 355 Å². The molecular weight excluding hydrogens is 839 g/mol. The van der Waals surface area contributed by atoms with Crippen molar-refractivity contribution < 1.29 is 60.1 Å². The smallest absolute Gasteiger partial charge is 0.416 e. The standard InChI is InChI=1S/C22H18F3N3O3.C13H13N3O2.C9H7F3O2/c1-26-21(30)19-13-18(9-10-27-19)31-17-7-5-16(6-8-17)28-20(29)12-14-3-2-4-15(11-14)22(23,24)25;1-15-13(17)12-8-11(6-7-16-12)18-10-4-2-9(14)3-5-10;10-9(11,12)7-3-1-2-6(4-7)5-8(13)14/h2-11,13H,12H2,1H3,(H,26,30)(H,28,29);2-8H,14H2,1H3,(H,15,17);1-4H,5H2,(H,13,14). The van der Waals surface area contributed by atoms with Crippen molar-refractivity contribution in [1.82, 2.24) is 20.6 Å². The Morgan fingerprint density at radius 2 is 1.02 bits per heavy atom. The number of nitrogens with zero attached hydrogens (tertiary/aromatic N) is 2. The van der Waals surface area contributed by atoms with Crippen LogP contribution in [0.1, 0.15) is 43.2 Å². The third kappa shape index (κ3) is 15.9. The highest BCUT2D eigenvalue weighted by atomic mass is 19.4. The average molecular weight is 877 g/mol. The number of carbonyl (C=O) groups is 4. The maximum absolute atomic E-state index is 12.8. The zero-order chi connectivity index (χ0) is 46.2. The third-order valence-electron chi connectivity index (χ3n) is 8.10. The minimum atomic E-state index is -4.46. The molecule has 2 aromatic heterocycles. The number of pyridine rings is 2. The number of nitrogens with two attached hydrogens (primary N) is 1. The molecule has 4 aromatic carbocycles. The highest BCUT2D eigenvalue weighted by Crippen LogP contribution is 2.31. The zero-order valence-corrected chi connectivity index (χ0v) is 33.3. The van der Waals surface area contributed by atoms with Crippen LogP contribution in [0.15, 0.2) is 134 Å². The highest BCUT2D eigenvalue weighted by molar-refractivity contribution is 5.93. The molecule has 0 fully saturated rings. The van der Waals surface area contributed by atoms with Crippen LogP contribution < -0.4 is 31.2 Å². The average Bonchev–Trinajstić information content (AvgIpc) is 3.24. The lowest BCUT2D eigenvalue weighted by atomic mass is 10.1. The molecule has 6 aromatic rings. The zero-order valence-electron chi connectivity index (χ0n) is 33.3. The molecule has 0 saturated carbocycles. The largest absolute Gasteiger partial charge is 0.481 e. The highest BCUT2D eigenvalue weighted by Gasteiger charge is 2.31. The number of halogens is 6. The van der Waals surface area contributed by atoms with Gasteiger partial charge in [-0.2, -0.15) is 26.3 Å². The van der Waals surface area contributed by atoms with Gasteiger partial charge < -0.3 is 36.3 Å². The summed E-state index contributed by atoms with van der Waals surface area (Å²) >= 11 is 0. The molecule has 0 atom stereocenters. The van der Waals surface area contributed by atoms with E-state index in [0.29, 0.717) is 40.1 Å². The van der Waals surface area contributed by atoms with Gasteiger partial charge in [-0.3, -0.25) is 29.1 Å². The maximum atomic E-state index is 12.8. The molecular formula is C44H38F6N6O7. The number of aliphatic carboxylic acids is 1. The summed E-state index contributed by atoms with van der Waals surface area (Å²) in [6.45, 7) is 0. The molecule has 6 N–H and O–H groups in total. The van der Waals surface area contributed by atoms with Crippen molar-refractivity contribution >= 4 is 35.1 Å². The van der Waals surface area contributed by atoms with Crippen LogP contribution in [0.4, 0.5) is 37.7 Å². The summed E-state index contributed by atoms with van der Waals surface area (Å²) in [5, 5.41) is 16.0. The summed E-state index contributed by atoms with van der Waals surface area (Å²) in [5.41, 5.74) is 6.02. The summed E-state index contributed by atoms with van der Waals surface area (Å²) in [6, 6.07) is 28.7. The van der Waals surface area contributed by atoms with Gasteiger partial charge >= 0.3 is 18.3 Å². The minimum Gasteiger partial charge on any atom is -0.481 e. The van der Waals surface area contributed by atoms with Crippen molar-refractivity contribution in [2.45, 2.75) is 25.2 Å². The third-order valence-corrected chi connectivity index (χ3v) is 8.10. The van der Waals surface area contributed by atoms with Crippen LogP contribution in [0.25, 0.3) is 0 Å². The van der Waals surface area contributed by atoms with E-state index in [1.807, 2.05) is 0 Å². The van der Waals surface area contributed by atoms with E-state index in [-0.39, 0.29) is 35.1 Å². The second kappa shape index (κ2) is 22.0. The van der Waals surface area contributed by atoms with E-state index in [4.69, 9.17) is 20.3 Å². The number of carboxylic acid groups (broad SMARTS) is 1. The lowest BCUT2D eigenvalue weighted by molar-refractivity contribution is -0.138. The van der Waals surface area contributed by atoms with Crippen LogP contribution in [0.3, 0.4) is 0 Å². The van der Waals surface area contributed by atoms with E-state index in [9.17, 15) is 45.5 Å². The van der Waals surface area contributed by atoms with Crippen LogP contribution in [-0.4, -0.2) is 52.9 Å². The van der Waals surface area contributed by atoms with Crippen LogP contribution >= 0.6 is 0 Å². The summed E-state index contributed by atoms with van der Waals surface area (Å²) in [5.74, 6) is -0.116.